The standard InChI is InChI=1S/C24H23F3N4OS/c1-14-2-6-17(11-19(14)25)24(22-28-13-29-33-22)8-9-31(12-24)23(32)30-20-10-16(21(26)27)5-7-18(20)15-3-4-15/h2,5-7,10-11,13,15,21H,3-4,8-9,12H2,1H3,(H,30,32). The molecule has 2 amide bonds. The molecule has 1 saturated heterocycles. The number of aromatic nitrogens is 2. The number of rotatable bonds is 5. The molecule has 0 spiro atoms. The summed E-state index contributed by atoms with van der Waals surface area (Å²) in [6.07, 6.45) is 1.39. The number of carbonyl (C=O) groups is 1. The van der Waals surface area contributed by atoms with Crippen molar-refractivity contribution in [2.45, 2.75) is 43.9 Å². The van der Waals surface area contributed by atoms with Gasteiger partial charge in [0.2, 0.25) is 0 Å². The normalized spacial score (nSPS) is 20.5. The number of hydrogen-bond donors (Lipinski definition) is 1. The maximum Gasteiger partial charge on any atom is 0.321 e. The molecule has 9 heteroatoms. The van der Waals surface area contributed by atoms with Crippen LogP contribution in [0.5, 0.6) is 0 Å². The van der Waals surface area contributed by atoms with Gasteiger partial charge in [0.05, 0.1) is 5.41 Å². The number of halogens is 3. The summed E-state index contributed by atoms with van der Waals surface area (Å²) in [5, 5.41) is 3.59. The highest BCUT2D eigenvalue weighted by Crippen LogP contribution is 2.45. The smallest absolute Gasteiger partial charge is 0.321 e. The summed E-state index contributed by atoms with van der Waals surface area (Å²) in [6.45, 7) is 2.42. The van der Waals surface area contributed by atoms with Gasteiger partial charge in [-0.25, -0.2) is 22.9 Å². The fraction of sp³-hybridized carbons (Fsp3) is 0.375. The van der Waals surface area contributed by atoms with Crippen molar-refractivity contribution in [1.29, 1.82) is 0 Å². The zero-order valence-corrected chi connectivity index (χ0v) is 18.8. The van der Waals surface area contributed by atoms with Gasteiger partial charge in [0.25, 0.3) is 6.43 Å². The van der Waals surface area contributed by atoms with Gasteiger partial charge in [-0.15, -0.1) is 0 Å². The molecule has 0 radical (unpaired) electrons. The van der Waals surface area contributed by atoms with Gasteiger partial charge >= 0.3 is 6.03 Å². The third-order valence-electron chi connectivity index (χ3n) is 6.64. The zero-order chi connectivity index (χ0) is 23.2. The van der Waals surface area contributed by atoms with Gasteiger partial charge in [0.15, 0.2) is 0 Å². The Bertz CT molecular complexity index is 1180. The Morgan fingerprint density at radius 3 is 2.73 bits per heavy atom. The Balaban J connectivity index is 1.43. The molecule has 1 aliphatic carbocycles. The molecule has 1 aromatic heterocycles. The van der Waals surface area contributed by atoms with Crippen LogP contribution in [0.3, 0.4) is 0 Å². The Morgan fingerprint density at radius 2 is 2.06 bits per heavy atom. The number of urea groups is 1. The Kier molecular flexibility index (Phi) is 5.60. The lowest BCUT2D eigenvalue weighted by Crippen LogP contribution is -2.37. The molecule has 33 heavy (non-hydrogen) atoms. The van der Waals surface area contributed by atoms with E-state index in [9.17, 15) is 18.0 Å². The Labute approximate surface area is 193 Å². The van der Waals surface area contributed by atoms with E-state index in [1.807, 2.05) is 6.07 Å². The number of amides is 2. The lowest BCUT2D eigenvalue weighted by molar-refractivity contribution is 0.151. The predicted molar refractivity (Wildman–Crippen MR) is 120 cm³/mol. The van der Waals surface area contributed by atoms with E-state index in [0.29, 0.717) is 36.7 Å². The van der Waals surface area contributed by atoms with Gasteiger partial charge in [-0.1, -0.05) is 24.3 Å². The Morgan fingerprint density at radius 1 is 1.24 bits per heavy atom. The van der Waals surface area contributed by atoms with Crippen LogP contribution in [0, 0.1) is 12.7 Å². The molecular weight excluding hydrogens is 449 g/mol. The first-order valence-corrected chi connectivity index (χ1v) is 11.7. The van der Waals surface area contributed by atoms with Crippen molar-refractivity contribution in [1.82, 2.24) is 14.3 Å². The summed E-state index contributed by atoms with van der Waals surface area (Å²) in [6, 6.07) is 9.25. The van der Waals surface area contributed by atoms with E-state index in [1.54, 1.807) is 24.0 Å². The first-order chi connectivity index (χ1) is 15.9. The second-order valence-electron chi connectivity index (χ2n) is 8.82. The molecule has 2 aliphatic rings. The van der Waals surface area contributed by atoms with Crippen LogP contribution in [-0.4, -0.2) is 33.4 Å². The molecule has 1 aliphatic heterocycles. The van der Waals surface area contributed by atoms with Crippen LogP contribution in [0.25, 0.3) is 0 Å². The van der Waals surface area contributed by atoms with Crippen molar-refractivity contribution in [2.24, 2.45) is 0 Å². The molecule has 3 aromatic rings. The molecule has 5 nitrogen and oxygen atoms in total. The summed E-state index contributed by atoms with van der Waals surface area (Å²) < 4.78 is 45.1. The van der Waals surface area contributed by atoms with Crippen molar-refractivity contribution >= 4 is 23.3 Å². The van der Waals surface area contributed by atoms with Gasteiger partial charge in [-0.2, -0.15) is 4.37 Å². The first-order valence-electron chi connectivity index (χ1n) is 10.9. The van der Waals surface area contributed by atoms with Crippen molar-refractivity contribution in [3.05, 3.63) is 75.8 Å². The first kappa shape index (κ1) is 21.9. The fourth-order valence-electron chi connectivity index (χ4n) is 4.55. The highest BCUT2D eigenvalue weighted by molar-refractivity contribution is 7.05. The summed E-state index contributed by atoms with van der Waals surface area (Å²) in [5.74, 6) is -0.0150. The van der Waals surface area contributed by atoms with Crippen molar-refractivity contribution < 1.29 is 18.0 Å². The highest BCUT2D eigenvalue weighted by Gasteiger charge is 2.45. The number of alkyl halides is 2. The average Bonchev–Trinajstić information content (AvgIpc) is 3.29. The van der Waals surface area contributed by atoms with Gasteiger partial charge in [-0.05, 0) is 72.5 Å². The average molecular weight is 473 g/mol. The van der Waals surface area contributed by atoms with Crippen LogP contribution in [0.1, 0.15) is 58.9 Å². The van der Waals surface area contributed by atoms with E-state index in [2.05, 4.69) is 14.7 Å². The third kappa shape index (κ3) is 4.10. The molecule has 172 valence electrons. The Hall–Kier alpha value is -2.94. The second kappa shape index (κ2) is 8.44. The number of anilines is 1. The third-order valence-corrected chi connectivity index (χ3v) is 7.51. The molecule has 1 atom stereocenters. The summed E-state index contributed by atoms with van der Waals surface area (Å²) in [7, 11) is 0. The quantitative estimate of drug-likeness (QED) is 0.494. The number of hydrogen-bond acceptors (Lipinski definition) is 4. The van der Waals surface area contributed by atoms with Crippen molar-refractivity contribution in [3.63, 3.8) is 0 Å². The number of carbonyl (C=O) groups excluding carboxylic acids is 1. The number of benzene rings is 2. The minimum atomic E-state index is -2.61. The molecule has 1 N–H and O–H groups in total. The fourth-order valence-corrected chi connectivity index (χ4v) is 5.30. The van der Waals surface area contributed by atoms with Crippen molar-refractivity contribution in [2.75, 3.05) is 18.4 Å². The molecule has 1 saturated carbocycles. The largest absolute Gasteiger partial charge is 0.323 e. The van der Waals surface area contributed by atoms with E-state index >= 15 is 0 Å². The maximum atomic E-state index is 14.4. The number of nitrogens with zero attached hydrogens (tertiary/aromatic N) is 3. The molecule has 5 rings (SSSR count). The lowest BCUT2D eigenvalue weighted by atomic mass is 9.80. The van der Waals surface area contributed by atoms with E-state index in [1.165, 1.54) is 36.1 Å². The molecule has 2 heterocycles. The van der Waals surface area contributed by atoms with Gasteiger partial charge in [-0.3, -0.25) is 0 Å². The van der Waals surface area contributed by atoms with E-state index in [4.69, 9.17) is 0 Å². The molecule has 2 aromatic carbocycles. The topological polar surface area (TPSA) is 58.1 Å². The van der Waals surface area contributed by atoms with Gasteiger partial charge < -0.3 is 10.2 Å². The second-order valence-corrected chi connectivity index (χ2v) is 9.60. The summed E-state index contributed by atoms with van der Waals surface area (Å²) in [4.78, 5) is 19.3. The predicted octanol–water partition coefficient (Wildman–Crippen LogP) is 6.02. The summed E-state index contributed by atoms with van der Waals surface area (Å²) >= 11 is 1.24. The highest BCUT2D eigenvalue weighted by atomic mass is 32.1. The number of nitrogens with one attached hydrogen (secondary N) is 1. The maximum absolute atomic E-state index is 14.4. The lowest BCUT2D eigenvalue weighted by Gasteiger charge is -2.28. The molecule has 0 bridgehead atoms. The molecule has 2 fully saturated rings. The van der Waals surface area contributed by atoms with Crippen molar-refractivity contribution in [3.8, 4) is 0 Å². The van der Waals surface area contributed by atoms with Gasteiger partial charge in [0.1, 0.15) is 17.2 Å². The van der Waals surface area contributed by atoms with Crippen LogP contribution in [-0.2, 0) is 5.41 Å². The van der Waals surface area contributed by atoms with Crippen LogP contribution >= 0.6 is 11.5 Å². The number of aryl methyl sites for hydroxylation is 1. The summed E-state index contributed by atoms with van der Waals surface area (Å²) in [5.41, 5.74) is 1.84. The van der Waals surface area contributed by atoms with E-state index in [-0.39, 0.29) is 17.4 Å². The molecule has 1 unspecified atom stereocenters. The minimum Gasteiger partial charge on any atom is -0.323 e. The zero-order valence-electron chi connectivity index (χ0n) is 18.0. The van der Waals surface area contributed by atoms with E-state index in [0.717, 1.165) is 29.0 Å². The van der Waals surface area contributed by atoms with Crippen LogP contribution in [0.2, 0.25) is 0 Å². The minimum absolute atomic E-state index is 0.116. The van der Waals surface area contributed by atoms with Crippen LogP contribution in [0.4, 0.5) is 23.7 Å². The van der Waals surface area contributed by atoms with Crippen LogP contribution in [0.15, 0.2) is 42.7 Å². The monoisotopic (exact) mass is 472 g/mol. The van der Waals surface area contributed by atoms with E-state index < -0.39 is 11.8 Å². The molecular formula is C24H23F3N4OS. The SMILES string of the molecule is Cc1ccc(C2(c3ncns3)CCN(C(=O)Nc3cc(C(F)F)ccc3C3CC3)C2)cc1F. The number of likely N-dealkylation sites (tertiary alicyclic amines) is 1. The van der Waals surface area contributed by atoms with Gasteiger partial charge in [0, 0.05) is 24.3 Å². The van der Waals surface area contributed by atoms with Crippen LogP contribution < -0.4 is 5.32 Å².